The lowest BCUT2D eigenvalue weighted by molar-refractivity contribution is -0.130. The Bertz CT molecular complexity index is 1400. The average Bonchev–Trinajstić information content (AvgIpc) is 3.18. The Balaban J connectivity index is 1.29. The Morgan fingerprint density at radius 2 is 1.79 bits per heavy atom. The summed E-state index contributed by atoms with van der Waals surface area (Å²) in [5.74, 6) is -0.239. The number of alkyl halides is 3. The second-order valence-corrected chi connectivity index (χ2v) is 7.77. The normalized spacial score (nSPS) is 14.9. The number of oxazole rings is 1. The van der Waals surface area contributed by atoms with E-state index >= 15 is 0 Å². The number of piperazine rings is 1. The molecule has 1 amide bonds. The van der Waals surface area contributed by atoms with Crippen molar-refractivity contribution in [3.05, 3.63) is 64.3 Å². The van der Waals surface area contributed by atoms with Crippen LogP contribution in [0.2, 0.25) is 0 Å². The molecule has 0 aliphatic carbocycles. The maximum absolute atomic E-state index is 12.9. The second-order valence-electron chi connectivity index (χ2n) is 7.77. The highest BCUT2D eigenvalue weighted by Gasteiger charge is 2.31. The smallest absolute Gasteiger partial charge is 0.397 e. The van der Waals surface area contributed by atoms with Gasteiger partial charge in [0, 0.05) is 31.7 Å². The first kappa shape index (κ1) is 21.0. The van der Waals surface area contributed by atoms with Crippen molar-refractivity contribution in [2.24, 2.45) is 0 Å². The predicted octanol–water partition coefficient (Wildman–Crippen LogP) is 3.13. The van der Waals surface area contributed by atoms with Gasteiger partial charge < -0.3 is 14.2 Å². The van der Waals surface area contributed by atoms with Crippen molar-refractivity contribution in [2.45, 2.75) is 12.6 Å². The molecule has 0 spiro atoms. The molecular weight excluding hydrogens is 439 g/mol. The summed E-state index contributed by atoms with van der Waals surface area (Å²) in [6.45, 7) is 1.72. The zero-order valence-electron chi connectivity index (χ0n) is 17.2. The lowest BCUT2D eigenvalue weighted by Crippen LogP contribution is -2.49. The molecule has 2 aromatic carbocycles. The number of para-hydroxylation sites is 1. The number of aromatic amines is 1. The minimum atomic E-state index is -4.43. The number of anilines is 1. The molecule has 170 valence electrons. The molecule has 4 aromatic rings. The third-order valence-electron chi connectivity index (χ3n) is 5.50. The van der Waals surface area contributed by atoms with Crippen LogP contribution >= 0.6 is 0 Å². The summed E-state index contributed by atoms with van der Waals surface area (Å²) in [7, 11) is 0. The third kappa shape index (κ3) is 4.26. The van der Waals surface area contributed by atoms with Crippen molar-refractivity contribution >= 4 is 33.9 Å². The monoisotopic (exact) mass is 457 g/mol. The summed E-state index contributed by atoms with van der Waals surface area (Å²) in [5, 5.41) is 0.511. The molecule has 2 aromatic heterocycles. The summed E-state index contributed by atoms with van der Waals surface area (Å²) < 4.78 is 42.9. The Kier molecular flexibility index (Phi) is 5.03. The van der Waals surface area contributed by atoms with Crippen molar-refractivity contribution in [1.29, 1.82) is 0 Å². The van der Waals surface area contributed by atoms with Crippen molar-refractivity contribution in [3.63, 3.8) is 0 Å². The maximum Gasteiger partial charge on any atom is 0.397 e. The van der Waals surface area contributed by atoms with Gasteiger partial charge in [-0.1, -0.05) is 12.1 Å². The van der Waals surface area contributed by atoms with E-state index in [1.807, 2.05) is 11.0 Å². The summed E-state index contributed by atoms with van der Waals surface area (Å²) >= 11 is 0. The number of benzene rings is 2. The summed E-state index contributed by atoms with van der Waals surface area (Å²) in [5.41, 5.74) is 1.10. The SMILES string of the molecule is O=C(c1ccc2oc(CC(F)(F)F)nc2c1)N1CCN(c2nc3ccccc3c(=O)[nH]2)CC1. The Labute approximate surface area is 184 Å². The van der Waals surface area contributed by atoms with Gasteiger partial charge in [-0.05, 0) is 30.3 Å². The fourth-order valence-electron chi connectivity index (χ4n) is 3.88. The second kappa shape index (κ2) is 7.91. The highest BCUT2D eigenvalue weighted by atomic mass is 19.4. The highest BCUT2D eigenvalue weighted by Crippen LogP contribution is 2.25. The number of fused-ring (bicyclic) bond motifs is 2. The topological polar surface area (TPSA) is 95.3 Å². The summed E-state index contributed by atoms with van der Waals surface area (Å²) in [6, 6.07) is 11.5. The lowest BCUT2D eigenvalue weighted by Gasteiger charge is -2.35. The Morgan fingerprint density at radius 3 is 2.55 bits per heavy atom. The lowest BCUT2D eigenvalue weighted by atomic mass is 10.1. The largest absolute Gasteiger partial charge is 0.440 e. The number of aromatic nitrogens is 3. The summed E-state index contributed by atoms with van der Waals surface area (Å²) in [4.78, 5) is 40.0. The molecule has 1 fully saturated rings. The molecule has 33 heavy (non-hydrogen) atoms. The minimum Gasteiger partial charge on any atom is -0.440 e. The van der Waals surface area contributed by atoms with Crippen molar-refractivity contribution in [3.8, 4) is 0 Å². The van der Waals surface area contributed by atoms with Gasteiger partial charge in [0.2, 0.25) is 11.8 Å². The van der Waals surface area contributed by atoms with Gasteiger partial charge in [-0.25, -0.2) is 9.97 Å². The first-order chi connectivity index (χ1) is 15.8. The number of hydrogen-bond donors (Lipinski definition) is 1. The molecule has 0 bridgehead atoms. The van der Waals surface area contributed by atoms with Gasteiger partial charge in [-0.15, -0.1) is 0 Å². The van der Waals surface area contributed by atoms with E-state index in [-0.39, 0.29) is 22.6 Å². The number of nitrogens with zero attached hydrogens (tertiary/aromatic N) is 4. The van der Waals surface area contributed by atoms with E-state index in [1.165, 1.54) is 18.2 Å². The number of rotatable bonds is 3. The summed E-state index contributed by atoms with van der Waals surface area (Å²) in [6.07, 6.45) is -5.69. The first-order valence-electron chi connectivity index (χ1n) is 10.3. The van der Waals surface area contributed by atoms with Crippen LogP contribution in [0.3, 0.4) is 0 Å². The van der Waals surface area contributed by atoms with Gasteiger partial charge in [0.25, 0.3) is 11.5 Å². The number of carbonyl (C=O) groups excluding carboxylic acids is 1. The van der Waals surface area contributed by atoms with Gasteiger partial charge >= 0.3 is 6.18 Å². The molecule has 1 aliphatic rings. The van der Waals surface area contributed by atoms with Crippen LogP contribution in [0.5, 0.6) is 0 Å². The van der Waals surface area contributed by atoms with Crippen LogP contribution in [0.15, 0.2) is 51.7 Å². The molecule has 1 aliphatic heterocycles. The van der Waals surface area contributed by atoms with Gasteiger partial charge in [-0.2, -0.15) is 13.2 Å². The van der Waals surface area contributed by atoms with Gasteiger partial charge in [-0.3, -0.25) is 14.6 Å². The molecule has 0 atom stereocenters. The molecule has 1 saturated heterocycles. The molecule has 0 unspecified atom stereocenters. The molecular formula is C22H18F3N5O3. The van der Waals surface area contributed by atoms with Crippen LogP contribution in [0, 0.1) is 0 Å². The minimum absolute atomic E-state index is 0.196. The number of nitrogens with one attached hydrogen (secondary N) is 1. The van der Waals surface area contributed by atoms with Crippen molar-refractivity contribution in [2.75, 3.05) is 31.1 Å². The van der Waals surface area contributed by atoms with Crippen LogP contribution in [-0.4, -0.2) is 58.1 Å². The zero-order valence-corrected chi connectivity index (χ0v) is 17.2. The number of hydrogen-bond acceptors (Lipinski definition) is 6. The van der Waals surface area contributed by atoms with Crippen LogP contribution in [0.4, 0.5) is 19.1 Å². The fraction of sp³-hybridized carbons (Fsp3) is 0.273. The van der Waals surface area contributed by atoms with E-state index in [0.717, 1.165) is 0 Å². The Hall–Kier alpha value is -3.89. The predicted molar refractivity (Wildman–Crippen MR) is 114 cm³/mol. The molecule has 1 N–H and O–H groups in total. The van der Waals surface area contributed by atoms with Crippen LogP contribution in [-0.2, 0) is 6.42 Å². The molecule has 8 nitrogen and oxygen atoms in total. The quantitative estimate of drug-likeness (QED) is 0.508. The van der Waals surface area contributed by atoms with Crippen LogP contribution in [0.25, 0.3) is 22.0 Å². The number of amides is 1. The molecule has 11 heteroatoms. The Morgan fingerprint density at radius 1 is 1.03 bits per heavy atom. The third-order valence-corrected chi connectivity index (χ3v) is 5.50. The molecule has 0 radical (unpaired) electrons. The molecule has 5 rings (SSSR count). The molecule has 3 heterocycles. The van der Waals surface area contributed by atoms with E-state index in [4.69, 9.17) is 4.42 Å². The number of H-pyrrole nitrogens is 1. The van der Waals surface area contributed by atoms with Gasteiger partial charge in [0.15, 0.2) is 5.58 Å². The van der Waals surface area contributed by atoms with Gasteiger partial charge in [0.1, 0.15) is 11.9 Å². The average molecular weight is 457 g/mol. The highest BCUT2D eigenvalue weighted by molar-refractivity contribution is 5.97. The maximum atomic E-state index is 12.9. The van der Waals surface area contributed by atoms with E-state index < -0.39 is 18.5 Å². The number of carbonyl (C=O) groups is 1. The zero-order chi connectivity index (χ0) is 23.2. The standard InChI is InChI=1S/C22H18F3N5O3/c23-22(24,25)12-18-26-16-11-13(5-6-17(16)33-18)20(32)29-7-9-30(10-8-29)21-27-15-4-2-1-3-14(15)19(31)28-21/h1-6,11H,7-10,12H2,(H,27,28,31). The van der Waals surface area contributed by atoms with E-state index in [0.29, 0.717) is 48.6 Å². The van der Waals surface area contributed by atoms with Crippen molar-refractivity contribution < 1.29 is 22.4 Å². The van der Waals surface area contributed by atoms with Gasteiger partial charge in [0.05, 0.1) is 10.9 Å². The van der Waals surface area contributed by atoms with E-state index in [2.05, 4.69) is 15.0 Å². The molecule has 0 saturated carbocycles. The van der Waals surface area contributed by atoms with Crippen LogP contribution in [0.1, 0.15) is 16.2 Å². The number of halogens is 3. The van der Waals surface area contributed by atoms with E-state index in [1.54, 1.807) is 23.1 Å². The fourth-order valence-corrected chi connectivity index (χ4v) is 3.88. The first-order valence-corrected chi connectivity index (χ1v) is 10.3. The van der Waals surface area contributed by atoms with Crippen molar-refractivity contribution in [1.82, 2.24) is 19.9 Å². The van der Waals surface area contributed by atoms with E-state index in [9.17, 15) is 22.8 Å². The van der Waals surface area contributed by atoms with Crippen LogP contribution < -0.4 is 10.5 Å².